The lowest BCUT2D eigenvalue weighted by Crippen LogP contribution is -2.30. The molecule has 0 aliphatic carbocycles. The molecule has 0 fully saturated rings. The monoisotopic (exact) mass is 903 g/mol. The maximum atomic E-state index is 12.8. The second-order valence-electron chi connectivity index (χ2n) is 19.6. The van der Waals surface area contributed by atoms with Crippen molar-refractivity contribution in [2.75, 3.05) is 13.2 Å². The third-order valence-electron chi connectivity index (χ3n) is 13.0. The molecule has 0 aliphatic heterocycles. The van der Waals surface area contributed by atoms with Crippen LogP contribution in [0.25, 0.3) is 0 Å². The molecule has 0 amide bonds. The third-order valence-corrected chi connectivity index (χ3v) is 13.0. The Hall–Kier alpha value is -1.85. The van der Waals surface area contributed by atoms with Crippen LogP contribution in [0.2, 0.25) is 0 Å². The van der Waals surface area contributed by atoms with Gasteiger partial charge in [0, 0.05) is 19.3 Å². The van der Waals surface area contributed by atoms with Gasteiger partial charge >= 0.3 is 17.9 Å². The van der Waals surface area contributed by atoms with E-state index in [2.05, 4.69) is 32.9 Å². The average molecular weight is 904 g/mol. The van der Waals surface area contributed by atoms with E-state index in [9.17, 15) is 14.4 Å². The predicted octanol–water partition coefficient (Wildman–Crippen LogP) is 18.9. The Kier molecular flexibility index (Phi) is 52.2. The molecule has 0 aliphatic rings. The predicted molar refractivity (Wildman–Crippen MR) is 275 cm³/mol. The molecule has 378 valence electrons. The number of unbranched alkanes of at least 4 members (excludes halogenated alkanes) is 40. The van der Waals surface area contributed by atoms with E-state index in [0.29, 0.717) is 19.3 Å². The van der Waals surface area contributed by atoms with Gasteiger partial charge in [-0.05, 0) is 44.9 Å². The van der Waals surface area contributed by atoms with Crippen LogP contribution < -0.4 is 0 Å². The molecule has 1 atom stereocenters. The van der Waals surface area contributed by atoms with Crippen LogP contribution in [0.5, 0.6) is 0 Å². The van der Waals surface area contributed by atoms with Crippen LogP contribution in [-0.2, 0) is 28.6 Å². The van der Waals surface area contributed by atoms with Gasteiger partial charge < -0.3 is 14.2 Å². The van der Waals surface area contributed by atoms with Gasteiger partial charge in [-0.15, -0.1) is 0 Å². The van der Waals surface area contributed by atoms with Crippen molar-refractivity contribution in [2.24, 2.45) is 0 Å². The summed E-state index contributed by atoms with van der Waals surface area (Å²) in [4.78, 5) is 38.0. The lowest BCUT2D eigenvalue weighted by molar-refractivity contribution is -0.167. The van der Waals surface area contributed by atoms with Gasteiger partial charge in [-0.25, -0.2) is 0 Å². The molecule has 1 unspecified atom stereocenters. The highest BCUT2D eigenvalue weighted by molar-refractivity contribution is 5.71. The minimum absolute atomic E-state index is 0.0664. The van der Waals surface area contributed by atoms with E-state index in [1.54, 1.807) is 0 Å². The zero-order valence-electron chi connectivity index (χ0n) is 43.3. The fourth-order valence-electron chi connectivity index (χ4n) is 8.68. The largest absolute Gasteiger partial charge is 0.462 e. The fourth-order valence-corrected chi connectivity index (χ4v) is 8.68. The first-order valence-corrected chi connectivity index (χ1v) is 28.7. The molecule has 64 heavy (non-hydrogen) atoms. The van der Waals surface area contributed by atoms with Crippen molar-refractivity contribution in [1.29, 1.82) is 0 Å². The summed E-state index contributed by atoms with van der Waals surface area (Å²) in [6, 6.07) is 0. The maximum Gasteiger partial charge on any atom is 0.306 e. The van der Waals surface area contributed by atoms with Crippen LogP contribution >= 0.6 is 0 Å². The van der Waals surface area contributed by atoms with Crippen LogP contribution in [0, 0.1) is 0 Å². The number of hydrogen-bond donors (Lipinski definition) is 0. The van der Waals surface area contributed by atoms with E-state index >= 15 is 0 Å². The number of carbonyl (C=O) groups excluding carboxylic acids is 3. The molecule has 0 radical (unpaired) electrons. The van der Waals surface area contributed by atoms with E-state index in [1.165, 1.54) is 225 Å². The Morgan fingerprint density at radius 1 is 0.297 bits per heavy atom. The SMILES string of the molecule is CCCCCCCC/C=C\CCCCCCCCCC(=O)OC(COC(=O)CCCCCCCCCC)COC(=O)CCCCCCCCCCCCCCCCCCCCCCC. The van der Waals surface area contributed by atoms with Gasteiger partial charge in [0.2, 0.25) is 0 Å². The number of rotatable bonds is 53. The topological polar surface area (TPSA) is 78.9 Å². The molecular weight excluding hydrogens is 793 g/mol. The van der Waals surface area contributed by atoms with Crippen molar-refractivity contribution in [2.45, 2.75) is 329 Å². The molecular formula is C58H110O6. The van der Waals surface area contributed by atoms with Crippen LogP contribution in [-0.4, -0.2) is 37.2 Å². The van der Waals surface area contributed by atoms with Crippen molar-refractivity contribution < 1.29 is 28.6 Å². The summed E-state index contributed by atoms with van der Waals surface area (Å²) in [5, 5.41) is 0. The first kappa shape index (κ1) is 62.1. The average Bonchev–Trinajstić information content (AvgIpc) is 3.29. The van der Waals surface area contributed by atoms with Crippen molar-refractivity contribution >= 4 is 17.9 Å². The van der Waals surface area contributed by atoms with Gasteiger partial charge in [0.15, 0.2) is 6.10 Å². The fraction of sp³-hybridized carbons (Fsp3) is 0.914. The second-order valence-corrected chi connectivity index (χ2v) is 19.6. The van der Waals surface area contributed by atoms with Crippen molar-refractivity contribution in [3.8, 4) is 0 Å². The lowest BCUT2D eigenvalue weighted by atomic mass is 10.0. The van der Waals surface area contributed by atoms with Crippen LogP contribution in [0.3, 0.4) is 0 Å². The zero-order chi connectivity index (χ0) is 46.5. The first-order valence-electron chi connectivity index (χ1n) is 28.7. The molecule has 0 saturated carbocycles. The lowest BCUT2D eigenvalue weighted by Gasteiger charge is -2.18. The second kappa shape index (κ2) is 53.8. The van der Waals surface area contributed by atoms with E-state index < -0.39 is 6.10 Å². The molecule has 0 spiro atoms. The zero-order valence-corrected chi connectivity index (χ0v) is 43.3. The number of ether oxygens (including phenoxy) is 3. The highest BCUT2D eigenvalue weighted by atomic mass is 16.6. The molecule has 0 aromatic carbocycles. The molecule has 0 saturated heterocycles. The third kappa shape index (κ3) is 51.1. The summed E-state index contributed by atoms with van der Waals surface area (Å²) in [5.41, 5.74) is 0. The molecule has 0 aromatic heterocycles. The minimum Gasteiger partial charge on any atom is -0.462 e. The summed E-state index contributed by atoms with van der Waals surface area (Å²) in [6.45, 7) is 6.65. The number of carbonyl (C=O) groups is 3. The van der Waals surface area contributed by atoms with Gasteiger partial charge in [0.1, 0.15) is 13.2 Å². The van der Waals surface area contributed by atoms with E-state index in [4.69, 9.17) is 14.2 Å². The Morgan fingerprint density at radius 2 is 0.516 bits per heavy atom. The highest BCUT2D eigenvalue weighted by Crippen LogP contribution is 2.17. The molecule has 6 nitrogen and oxygen atoms in total. The number of allylic oxidation sites excluding steroid dienone is 2. The first-order chi connectivity index (χ1) is 31.5. The summed E-state index contributed by atoms with van der Waals surface area (Å²) >= 11 is 0. The standard InChI is InChI=1S/C58H110O6/c1-4-7-10-13-16-19-21-23-25-27-28-29-30-32-33-35-37-39-42-45-48-51-57(60)63-54-55(53-62-56(59)50-47-44-41-18-15-12-9-6-3)64-58(61)52-49-46-43-40-38-36-34-31-26-24-22-20-17-14-11-8-5-2/h24,26,55H,4-23,25,27-54H2,1-3H3/b26-24-. The number of hydrogen-bond acceptors (Lipinski definition) is 6. The number of esters is 3. The van der Waals surface area contributed by atoms with Gasteiger partial charge in [-0.2, -0.15) is 0 Å². The van der Waals surface area contributed by atoms with E-state index in [0.717, 1.165) is 57.8 Å². The summed E-state index contributed by atoms with van der Waals surface area (Å²) in [6.07, 6.45) is 60.8. The van der Waals surface area contributed by atoms with Crippen molar-refractivity contribution in [3.63, 3.8) is 0 Å². The quantitative estimate of drug-likeness (QED) is 0.0262. The minimum atomic E-state index is -0.765. The van der Waals surface area contributed by atoms with Gasteiger partial charge in [0.25, 0.3) is 0 Å². The smallest absolute Gasteiger partial charge is 0.306 e. The van der Waals surface area contributed by atoms with Gasteiger partial charge in [-0.3, -0.25) is 14.4 Å². The Morgan fingerprint density at radius 3 is 0.781 bits per heavy atom. The maximum absolute atomic E-state index is 12.8. The van der Waals surface area contributed by atoms with Gasteiger partial charge in [0.05, 0.1) is 0 Å². The summed E-state index contributed by atoms with van der Waals surface area (Å²) < 4.78 is 16.8. The van der Waals surface area contributed by atoms with E-state index in [-0.39, 0.29) is 31.1 Å². The molecule has 0 heterocycles. The molecule has 0 bridgehead atoms. The van der Waals surface area contributed by atoms with Crippen LogP contribution in [0.4, 0.5) is 0 Å². The van der Waals surface area contributed by atoms with Gasteiger partial charge in [-0.1, -0.05) is 270 Å². The van der Waals surface area contributed by atoms with E-state index in [1.807, 2.05) is 0 Å². The summed E-state index contributed by atoms with van der Waals surface area (Å²) in [5.74, 6) is -0.854. The molecule has 0 N–H and O–H groups in total. The van der Waals surface area contributed by atoms with Crippen LogP contribution in [0.15, 0.2) is 12.2 Å². The summed E-state index contributed by atoms with van der Waals surface area (Å²) in [7, 11) is 0. The van der Waals surface area contributed by atoms with Crippen LogP contribution in [0.1, 0.15) is 323 Å². The molecule has 0 aromatic rings. The van der Waals surface area contributed by atoms with Crippen molar-refractivity contribution in [3.05, 3.63) is 12.2 Å². The Bertz CT molecular complexity index is 993. The highest BCUT2D eigenvalue weighted by Gasteiger charge is 2.19. The molecule has 6 heteroatoms. The Labute approximate surface area is 399 Å². The Balaban J connectivity index is 4.17. The van der Waals surface area contributed by atoms with Crippen molar-refractivity contribution in [1.82, 2.24) is 0 Å². The molecule has 0 rings (SSSR count). The normalized spacial score (nSPS) is 12.0.